The molecule has 31 heavy (non-hydrogen) atoms. The predicted molar refractivity (Wildman–Crippen MR) is 140 cm³/mol. The van der Waals surface area contributed by atoms with E-state index in [-0.39, 0.29) is 0 Å². The first-order chi connectivity index (χ1) is 15.3. The number of rotatable bonds is 3. The molecular weight excluding hydrogens is 440 g/mol. The van der Waals surface area contributed by atoms with Crippen molar-refractivity contribution in [3.8, 4) is 11.3 Å². The molecule has 2 aliphatic heterocycles. The summed E-state index contributed by atoms with van der Waals surface area (Å²) in [6, 6.07) is 28.3. The van der Waals surface area contributed by atoms with E-state index in [9.17, 15) is 0 Å². The van der Waals surface area contributed by atoms with Crippen LogP contribution in [0.1, 0.15) is 22.3 Å². The molecule has 144 valence electrons. The summed E-state index contributed by atoms with van der Waals surface area (Å²) in [6.45, 7) is 0. The van der Waals surface area contributed by atoms with Gasteiger partial charge in [0.2, 0.25) is 0 Å². The first kappa shape index (κ1) is 18.7. The number of aromatic nitrogens is 1. The van der Waals surface area contributed by atoms with Crippen molar-refractivity contribution in [3.63, 3.8) is 0 Å². The summed E-state index contributed by atoms with van der Waals surface area (Å²) in [5.41, 5.74) is 13.0. The van der Waals surface area contributed by atoms with Crippen LogP contribution in [0.4, 0.5) is 0 Å². The lowest BCUT2D eigenvalue weighted by atomic mass is 9.59. The van der Waals surface area contributed by atoms with E-state index in [4.69, 9.17) is 4.98 Å². The van der Waals surface area contributed by atoms with Crippen molar-refractivity contribution in [3.05, 3.63) is 112 Å². The molecule has 0 amide bonds. The molecule has 0 fully saturated rings. The first-order valence-corrected chi connectivity index (χ1v) is 11.4. The van der Waals surface area contributed by atoms with Crippen LogP contribution >= 0.6 is 15.9 Å². The fourth-order valence-electron chi connectivity index (χ4n) is 4.81. The topological polar surface area (TPSA) is 12.9 Å². The van der Waals surface area contributed by atoms with Crippen molar-refractivity contribution in [2.45, 2.75) is 0 Å². The molecule has 4 aromatic rings. The Bertz CT molecular complexity index is 1390. The van der Waals surface area contributed by atoms with Gasteiger partial charge in [0.15, 0.2) is 14.6 Å². The predicted octanol–water partition coefficient (Wildman–Crippen LogP) is 4.66. The van der Waals surface area contributed by atoms with Gasteiger partial charge in [-0.3, -0.25) is 4.98 Å². The van der Waals surface area contributed by atoms with Crippen LogP contribution in [0.2, 0.25) is 0 Å². The number of nitrogens with zero attached hydrogens (tertiary/aromatic N) is 1. The number of pyridine rings is 1. The normalized spacial score (nSPS) is 13.6. The van der Waals surface area contributed by atoms with Crippen molar-refractivity contribution >= 4 is 64.5 Å². The molecule has 0 radical (unpaired) electrons. The van der Waals surface area contributed by atoms with Crippen LogP contribution in [-0.4, -0.2) is 19.5 Å². The molecule has 0 atom stereocenters. The summed E-state index contributed by atoms with van der Waals surface area (Å²) < 4.78 is 0.996. The van der Waals surface area contributed by atoms with E-state index in [1.54, 1.807) is 0 Å². The summed E-state index contributed by atoms with van der Waals surface area (Å²) in [7, 11) is 1.93. The second-order valence-corrected chi connectivity index (χ2v) is 9.10. The molecule has 3 aromatic carbocycles. The minimum atomic E-state index is 0.955. The number of benzene rings is 3. The zero-order valence-electron chi connectivity index (χ0n) is 17.0. The van der Waals surface area contributed by atoms with Crippen LogP contribution in [0.5, 0.6) is 0 Å². The van der Waals surface area contributed by atoms with Gasteiger partial charge in [-0.25, -0.2) is 0 Å². The van der Waals surface area contributed by atoms with Crippen molar-refractivity contribution in [1.82, 2.24) is 4.98 Å². The van der Waals surface area contributed by atoms with Gasteiger partial charge in [0, 0.05) is 16.2 Å². The molecule has 6 rings (SSSR count). The van der Waals surface area contributed by atoms with Gasteiger partial charge in [-0.1, -0.05) is 101 Å². The van der Waals surface area contributed by atoms with Crippen molar-refractivity contribution in [2.75, 3.05) is 0 Å². The molecule has 0 spiro atoms. The van der Waals surface area contributed by atoms with Gasteiger partial charge in [0.1, 0.15) is 0 Å². The highest BCUT2D eigenvalue weighted by molar-refractivity contribution is 9.10. The van der Waals surface area contributed by atoms with Crippen molar-refractivity contribution in [1.29, 1.82) is 0 Å². The standard InChI is InChI=1S/C27H18B2BrN/c30-19-12-13-26(31-16-19)21-9-5-8-20(24-14-17-6-1-3-10-22(17)28-24)27(21)25-15-18-7-2-4-11-23(18)29-25/h1-16,28-29H. The van der Waals surface area contributed by atoms with Gasteiger partial charge in [0.25, 0.3) is 0 Å². The van der Waals surface area contributed by atoms with Gasteiger partial charge in [0.05, 0.1) is 5.69 Å². The van der Waals surface area contributed by atoms with E-state index in [1.165, 1.54) is 49.7 Å². The molecule has 4 heteroatoms. The van der Waals surface area contributed by atoms with Crippen LogP contribution in [0, 0.1) is 0 Å². The van der Waals surface area contributed by atoms with Crippen LogP contribution < -0.4 is 10.9 Å². The SMILES string of the molecule is Brc1ccc(-c2cccc(C3=Cc4ccccc4B3)c2C2=Cc3ccccc3B2)nc1. The zero-order chi connectivity index (χ0) is 20.8. The van der Waals surface area contributed by atoms with Gasteiger partial charge >= 0.3 is 0 Å². The lowest BCUT2D eigenvalue weighted by molar-refractivity contribution is 1.30. The number of halogens is 1. The molecular formula is C27H18B2BrN. The van der Waals surface area contributed by atoms with Crippen LogP contribution in [-0.2, 0) is 0 Å². The van der Waals surface area contributed by atoms with E-state index >= 15 is 0 Å². The molecule has 0 aliphatic carbocycles. The fourth-order valence-corrected chi connectivity index (χ4v) is 5.04. The summed E-state index contributed by atoms with van der Waals surface area (Å²) in [5.74, 6) is 0. The van der Waals surface area contributed by atoms with Gasteiger partial charge in [-0.15, -0.1) is 0 Å². The van der Waals surface area contributed by atoms with Gasteiger partial charge in [-0.05, 0) is 50.3 Å². The maximum Gasteiger partial charge on any atom is 0.193 e. The molecule has 0 saturated carbocycles. The summed E-state index contributed by atoms with van der Waals surface area (Å²) in [6.07, 6.45) is 6.60. The number of fused-ring (bicyclic) bond motifs is 2. The largest absolute Gasteiger partial charge is 0.255 e. The lowest BCUT2D eigenvalue weighted by Gasteiger charge is -2.17. The van der Waals surface area contributed by atoms with E-state index in [1.807, 2.05) is 6.20 Å². The lowest BCUT2D eigenvalue weighted by Crippen LogP contribution is -2.15. The van der Waals surface area contributed by atoms with Crippen molar-refractivity contribution < 1.29 is 0 Å². The Balaban J connectivity index is 1.55. The molecule has 0 bridgehead atoms. The minimum Gasteiger partial charge on any atom is -0.255 e. The third-order valence-electron chi connectivity index (χ3n) is 6.27. The smallest absolute Gasteiger partial charge is 0.193 e. The van der Waals surface area contributed by atoms with E-state index in [0.29, 0.717) is 0 Å². The van der Waals surface area contributed by atoms with E-state index in [0.717, 1.165) is 24.7 Å². The Morgan fingerprint density at radius 3 is 1.94 bits per heavy atom. The van der Waals surface area contributed by atoms with Crippen LogP contribution in [0.3, 0.4) is 0 Å². The fraction of sp³-hybridized carbons (Fsp3) is 0. The Hall–Kier alpha value is -3.10. The van der Waals surface area contributed by atoms with Gasteiger partial charge < -0.3 is 0 Å². The van der Waals surface area contributed by atoms with E-state index in [2.05, 4.69) is 107 Å². The summed E-state index contributed by atoms with van der Waals surface area (Å²) >= 11 is 3.52. The summed E-state index contributed by atoms with van der Waals surface area (Å²) in [4.78, 5) is 4.74. The Labute approximate surface area is 192 Å². The van der Waals surface area contributed by atoms with Gasteiger partial charge in [-0.2, -0.15) is 0 Å². The zero-order valence-corrected chi connectivity index (χ0v) is 18.6. The third-order valence-corrected chi connectivity index (χ3v) is 6.74. The average molecular weight is 458 g/mol. The average Bonchev–Trinajstić information content (AvgIpc) is 3.43. The molecule has 0 N–H and O–H groups in total. The number of hydrogen-bond donors (Lipinski definition) is 0. The molecule has 3 heterocycles. The minimum absolute atomic E-state index is 0.955. The van der Waals surface area contributed by atoms with Crippen LogP contribution in [0.15, 0.2) is 89.5 Å². The van der Waals surface area contributed by atoms with E-state index < -0.39 is 0 Å². The maximum atomic E-state index is 4.74. The Morgan fingerprint density at radius 1 is 0.613 bits per heavy atom. The maximum absolute atomic E-state index is 4.74. The second-order valence-electron chi connectivity index (χ2n) is 8.18. The quantitative estimate of drug-likeness (QED) is 0.408. The monoisotopic (exact) mass is 457 g/mol. The highest BCUT2D eigenvalue weighted by atomic mass is 79.9. The molecule has 1 nitrogen and oxygen atoms in total. The first-order valence-electron chi connectivity index (χ1n) is 10.6. The number of hydrogen-bond acceptors (Lipinski definition) is 1. The second kappa shape index (κ2) is 7.55. The summed E-state index contributed by atoms with van der Waals surface area (Å²) in [5, 5.41) is 0. The molecule has 0 unspecified atom stereocenters. The molecule has 0 saturated heterocycles. The highest BCUT2D eigenvalue weighted by Gasteiger charge is 2.24. The molecule has 2 aliphatic rings. The Kier molecular flexibility index (Phi) is 4.54. The third kappa shape index (κ3) is 3.32. The van der Waals surface area contributed by atoms with Crippen molar-refractivity contribution in [2.24, 2.45) is 0 Å². The Morgan fingerprint density at radius 2 is 1.26 bits per heavy atom. The van der Waals surface area contributed by atoms with Crippen LogP contribution in [0.25, 0.3) is 34.4 Å². The highest BCUT2D eigenvalue weighted by Crippen LogP contribution is 2.37. The molecule has 1 aromatic heterocycles.